The molecule has 0 bridgehead atoms. The van der Waals surface area contributed by atoms with Crippen LogP contribution in [0.2, 0.25) is 0 Å². The maximum absolute atomic E-state index is 13.1. The van der Waals surface area contributed by atoms with E-state index in [0.717, 1.165) is 27.0 Å². The summed E-state index contributed by atoms with van der Waals surface area (Å²) in [7, 11) is 1.63. The molecular formula is C22H16FNO2S. The number of ether oxygens (including phenoxy) is 1. The minimum absolute atomic E-state index is 0.276. The normalized spacial score (nSPS) is 10.7. The highest BCUT2D eigenvalue weighted by Crippen LogP contribution is 2.42. The Morgan fingerprint density at radius 2 is 1.74 bits per heavy atom. The molecule has 0 aliphatic carbocycles. The number of hydrogen-bond donors (Lipinski definition) is 1. The first-order valence-corrected chi connectivity index (χ1v) is 9.20. The minimum Gasteiger partial charge on any atom is -0.496 e. The van der Waals surface area contributed by atoms with E-state index in [9.17, 15) is 9.18 Å². The van der Waals surface area contributed by atoms with Gasteiger partial charge in [-0.15, -0.1) is 11.3 Å². The van der Waals surface area contributed by atoms with E-state index in [2.05, 4.69) is 17.4 Å². The Hall–Kier alpha value is -3.18. The summed E-state index contributed by atoms with van der Waals surface area (Å²) in [5, 5.41) is 4.55. The number of amides is 1. The van der Waals surface area contributed by atoms with Crippen LogP contribution in [0, 0.1) is 5.82 Å². The molecule has 1 aromatic heterocycles. The van der Waals surface area contributed by atoms with Crippen LogP contribution in [0.3, 0.4) is 0 Å². The third-order valence-corrected chi connectivity index (χ3v) is 5.38. The largest absolute Gasteiger partial charge is 0.496 e. The van der Waals surface area contributed by atoms with Crippen molar-refractivity contribution < 1.29 is 13.9 Å². The number of carbonyl (C=O) groups is 1. The number of hydrogen-bond acceptors (Lipinski definition) is 3. The summed E-state index contributed by atoms with van der Waals surface area (Å²) in [6, 6.07) is 21.4. The second kappa shape index (κ2) is 7.21. The fourth-order valence-electron chi connectivity index (χ4n) is 2.97. The molecule has 27 heavy (non-hydrogen) atoms. The molecule has 5 heteroatoms. The van der Waals surface area contributed by atoms with E-state index in [0.29, 0.717) is 10.6 Å². The highest BCUT2D eigenvalue weighted by atomic mass is 32.1. The van der Waals surface area contributed by atoms with Gasteiger partial charge < -0.3 is 10.1 Å². The smallest absolute Gasteiger partial charge is 0.256 e. The summed E-state index contributed by atoms with van der Waals surface area (Å²) in [4.78, 5) is 12.5. The van der Waals surface area contributed by atoms with Gasteiger partial charge in [0.2, 0.25) is 0 Å². The van der Waals surface area contributed by atoms with Crippen LogP contribution in [0.1, 0.15) is 10.4 Å². The molecule has 0 unspecified atom stereocenters. The lowest BCUT2D eigenvalue weighted by molar-refractivity contribution is 0.102. The number of halogens is 1. The first-order chi connectivity index (χ1) is 13.2. The number of rotatable bonds is 4. The Balaban J connectivity index is 1.74. The minimum atomic E-state index is -0.370. The number of carbonyl (C=O) groups excluding carboxylic acids is 1. The second-order valence-electron chi connectivity index (χ2n) is 6.00. The Bertz CT molecular complexity index is 1100. The zero-order chi connectivity index (χ0) is 18.8. The number of fused-ring (bicyclic) bond motifs is 1. The summed E-state index contributed by atoms with van der Waals surface area (Å²) in [5.74, 6) is 0.107. The van der Waals surface area contributed by atoms with E-state index in [-0.39, 0.29) is 11.7 Å². The molecule has 1 heterocycles. The number of thiophene rings is 1. The van der Waals surface area contributed by atoms with E-state index in [1.54, 1.807) is 7.11 Å². The Morgan fingerprint density at radius 3 is 2.44 bits per heavy atom. The van der Waals surface area contributed by atoms with Crippen molar-refractivity contribution in [2.24, 2.45) is 0 Å². The fourth-order valence-corrected chi connectivity index (χ4v) is 4.07. The third kappa shape index (κ3) is 3.41. The Morgan fingerprint density at radius 1 is 1.00 bits per heavy atom. The highest BCUT2D eigenvalue weighted by Gasteiger charge is 2.14. The lowest BCUT2D eigenvalue weighted by atomic mass is 10.0. The maximum Gasteiger partial charge on any atom is 0.256 e. The van der Waals surface area contributed by atoms with Crippen molar-refractivity contribution in [3.8, 4) is 16.9 Å². The van der Waals surface area contributed by atoms with E-state index in [4.69, 9.17) is 4.74 Å². The molecule has 0 saturated carbocycles. The Kier molecular flexibility index (Phi) is 4.60. The maximum atomic E-state index is 13.1. The van der Waals surface area contributed by atoms with Gasteiger partial charge in [-0.1, -0.05) is 30.3 Å². The molecule has 0 spiro atoms. The van der Waals surface area contributed by atoms with Gasteiger partial charge in [0, 0.05) is 15.6 Å². The average Bonchev–Trinajstić information content (AvgIpc) is 3.11. The molecule has 134 valence electrons. The van der Waals surface area contributed by atoms with Gasteiger partial charge in [0.15, 0.2) is 0 Å². The molecule has 0 atom stereocenters. The van der Waals surface area contributed by atoms with Gasteiger partial charge in [-0.25, -0.2) is 4.39 Å². The van der Waals surface area contributed by atoms with E-state index in [1.807, 2.05) is 36.4 Å². The van der Waals surface area contributed by atoms with E-state index in [1.165, 1.54) is 35.6 Å². The second-order valence-corrected chi connectivity index (χ2v) is 7.05. The lowest BCUT2D eigenvalue weighted by Crippen LogP contribution is -2.10. The summed E-state index contributed by atoms with van der Waals surface area (Å²) < 4.78 is 19.6. The Labute approximate surface area is 160 Å². The molecule has 1 amide bonds. The summed E-state index contributed by atoms with van der Waals surface area (Å²) in [5.41, 5.74) is 2.59. The van der Waals surface area contributed by atoms with Crippen molar-refractivity contribution in [1.82, 2.24) is 0 Å². The zero-order valence-corrected chi connectivity index (χ0v) is 15.3. The van der Waals surface area contributed by atoms with Gasteiger partial charge in [0.25, 0.3) is 5.91 Å². The van der Waals surface area contributed by atoms with Crippen molar-refractivity contribution in [2.45, 2.75) is 0 Å². The molecule has 4 aromatic rings. The number of methoxy groups -OCH3 is 1. The monoisotopic (exact) mass is 377 g/mol. The van der Waals surface area contributed by atoms with Crippen LogP contribution in [0.25, 0.3) is 21.2 Å². The van der Waals surface area contributed by atoms with Crippen LogP contribution >= 0.6 is 11.3 Å². The van der Waals surface area contributed by atoms with Crippen molar-refractivity contribution in [3.05, 3.63) is 84.2 Å². The quantitative estimate of drug-likeness (QED) is 0.476. The molecule has 1 N–H and O–H groups in total. The van der Waals surface area contributed by atoms with Crippen molar-refractivity contribution in [2.75, 3.05) is 12.4 Å². The van der Waals surface area contributed by atoms with Crippen LogP contribution in [0.5, 0.6) is 5.75 Å². The average molecular weight is 377 g/mol. The molecule has 0 aliphatic heterocycles. The molecule has 0 fully saturated rings. The molecule has 3 aromatic carbocycles. The van der Waals surface area contributed by atoms with Crippen LogP contribution in [-0.4, -0.2) is 13.0 Å². The topological polar surface area (TPSA) is 38.3 Å². The molecular weight excluding hydrogens is 361 g/mol. The van der Waals surface area contributed by atoms with Crippen molar-refractivity contribution >= 4 is 32.3 Å². The summed E-state index contributed by atoms with van der Waals surface area (Å²) in [6.07, 6.45) is 0. The fraction of sp³-hybridized carbons (Fsp3) is 0.0455. The molecule has 0 aliphatic rings. The predicted molar refractivity (Wildman–Crippen MR) is 108 cm³/mol. The van der Waals surface area contributed by atoms with Crippen LogP contribution < -0.4 is 10.1 Å². The van der Waals surface area contributed by atoms with E-state index >= 15 is 0 Å². The first-order valence-electron chi connectivity index (χ1n) is 8.38. The highest BCUT2D eigenvalue weighted by molar-refractivity contribution is 7.23. The first kappa shape index (κ1) is 17.2. The molecule has 3 nitrogen and oxygen atoms in total. The third-order valence-electron chi connectivity index (χ3n) is 4.29. The van der Waals surface area contributed by atoms with Crippen LogP contribution in [-0.2, 0) is 0 Å². The van der Waals surface area contributed by atoms with Gasteiger partial charge in [-0.2, -0.15) is 0 Å². The summed E-state index contributed by atoms with van der Waals surface area (Å²) in [6.45, 7) is 0. The number of benzene rings is 3. The zero-order valence-electron chi connectivity index (χ0n) is 14.5. The lowest BCUT2D eigenvalue weighted by Gasteiger charge is -2.06. The van der Waals surface area contributed by atoms with Gasteiger partial charge in [-0.05, 0) is 53.6 Å². The van der Waals surface area contributed by atoms with Gasteiger partial charge in [0.05, 0.1) is 12.1 Å². The van der Waals surface area contributed by atoms with Crippen LogP contribution in [0.4, 0.5) is 9.39 Å². The van der Waals surface area contributed by atoms with Crippen molar-refractivity contribution in [3.63, 3.8) is 0 Å². The molecule has 4 rings (SSSR count). The van der Waals surface area contributed by atoms with Gasteiger partial charge >= 0.3 is 0 Å². The number of anilines is 1. The van der Waals surface area contributed by atoms with Gasteiger partial charge in [-0.3, -0.25) is 4.79 Å². The van der Waals surface area contributed by atoms with Crippen molar-refractivity contribution in [1.29, 1.82) is 0 Å². The predicted octanol–water partition coefficient (Wildman–Crippen LogP) is 5.97. The van der Waals surface area contributed by atoms with Crippen LogP contribution in [0.15, 0.2) is 72.8 Å². The summed E-state index contributed by atoms with van der Waals surface area (Å²) >= 11 is 1.49. The molecule has 0 saturated heterocycles. The SMILES string of the molecule is COc1ccc(-c2ccccc2)c2sc(NC(=O)c3ccc(F)cc3)cc12. The van der Waals surface area contributed by atoms with Gasteiger partial charge in [0.1, 0.15) is 11.6 Å². The molecule has 0 radical (unpaired) electrons. The standard InChI is InChI=1S/C22H16FNO2S/c1-26-19-12-11-17(14-5-3-2-4-6-14)21-18(19)13-20(27-21)24-22(25)15-7-9-16(23)10-8-15/h2-13H,1H3,(H,24,25). The van der Waals surface area contributed by atoms with E-state index < -0.39 is 0 Å². The number of nitrogens with one attached hydrogen (secondary N) is 1.